The molecule has 6 aliphatic rings. The van der Waals surface area contributed by atoms with Crippen LogP contribution in [0.4, 0.5) is 5.69 Å². The first-order valence-corrected chi connectivity index (χ1v) is 9.15. The molecule has 1 saturated heterocycles. The molecule has 4 nitrogen and oxygen atoms in total. The number of hydrogen-bond donors (Lipinski definition) is 2. The van der Waals surface area contributed by atoms with E-state index in [0.717, 1.165) is 38.8 Å². The van der Waals surface area contributed by atoms with E-state index in [0.29, 0.717) is 6.04 Å². The number of carboxylic acids is 1. The fraction of sp³-hybridized carbons (Fsp3) is 0.550. The zero-order chi connectivity index (χ0) is 16.2. The van der Waals surface area contributed by atoms with Crippen LogP contribution in [0.25, 0.3) is 0 Å². The van der Waals surface area contributed by atoms with E-state index in [1.807, 2.05) is 0 Å². The molecule has 24 heavy (non-hydrogen) atoms. The molecule has 7 rings (SSSR count). The van der Waals surface area contributed by atoms with Crippen molar-refractivity contribution >= 4 is 11.7 Å². The lowest BCUT2D eigenvalue weighted by atomic mass is 9.40. The maximum Gasteiger partial charge on any atom is 0.308 e. The first kappa shape index (κ1) is 13.5. The minimum absolute atomic E-state index is 0.0404. The summed E-state index contributed by atoms with van der Waals surface area (Å²) in [7, 11) is 0. The van der Waals surface area contributed by atoms with Gasteiger partial charge in [0.2, 0.25) is 0 Å². The Morgan fingerprint density at radius 2 is 2.12 bits per heavy atom. The van der Waals surface area contributed by atoms with Gasteiger partial charge in [0.25, 0.3) is 0 Å². The third-order valence-corrected chi connectivity index (χ3v) is 7.98. The summed E-state index contributed by atoms with van der Waals surface area (Å²) in [6.45, 7) is 2.10. The lowest BCUT2D eigenvalue weighted by Crippen LogP contribution is -2.76. The van der Waals surface area contributed by atoms with Crippen LogP contribution in [0.15, 0.2) is 36.4 Å². The Kier molecular flexibility index (Phi) is 2.18. The SMILES string of the molecule is O=C(O)[C@@H]1C[C@@]23C=CCN4CC[C@@]5(c6ccccc6N[C@]15CC2)[C@@H]43. The molecule has 2 N–H and O–H groups in total. The van der Waals surface area contributed by atoms with Crippen molar-refractivity contribution in [2.75, 3.05) is 18.4 Å². The van der Waals surface area contributed by atoms with Crippen LogP contribution in [0.2, 0.25) is 0 Å². The average Bonchev–Trinajstić information content (AvgIpc) is 3.13. The number of fused-ring (bicyclic) bond motifs is 3. The monoisotopic (exact) mass is 322 g/mol. The van der Waals surface area contributed by atoms with Crippen molar-refractivity contribution in [1.82, 2.24) is 4.90 Å². The molecule has 0 unspecified atom stereocenters. The molecule has 3 aliphatic carbocycles. The summed E-state index contributed by atoms with van der Waals surface area (Å²) >= 11 is 0. The van der Waals surface area contributed by atoms with E-state index in [1.54, 1.807) is 0 Å². The molecule has 4 fully saturated rings. The number of carboxylic acid groups (broad SMARTS) is 1. The molecule has 0 aromatic heterocycles. The normalized spacial score (nSPS) is 47.0. The largest absolute Gasteiger partial charge is 0.481 e. The van der Waals surface area contributed by atoms with Crippen LogP contribution in [-0.2, 0) is 10.2 Å². The highest BCUT2D eigenvalue weighted by molar-refractivity contribution is 5.79. The Hall–Kier alpha value is -1.81. The van der Waals surface area contributed by atoms with Crippen LogP contribution in [0, 0.1) is 11.3 Å². The molecule has 5 atom stereocenters. The Balaban J connectivity index is 1.70. The van der Waals surface area contributed by atoms with E-state index in [2.05, 4.69) is 46.6 Å². The molecule has 4 heteroatoms. The van der Waals surface area contributed by atoms with Crippen molar-refractivity contribution in [2.24, 2.45) is 11.3 Å². The van der Waals surface area contributed by atoms with Gasteiger partial charge in [-0.1, -0.05) is 30.4 Å². The van der Waals surface area contributed by atoms with E-state index < -0.39 is 5.97 Å². The number of carbonyl (C=O) groups is 1. The topological polar surface area (TPSA) is 52.6 Å². The lowest BCUT2D eigenvalue weighted by molar-refractivity contribution is -0.158. The van der Waals surface area contributed by atoms with Gasteiger partial charge in [-0.3, -0.25) is 9.69 Å². The summed E-state index contributed by atoms with van der Waals surface area (Å²) in [6, 6.07) is 9.06. The van der Waals surface area contributed by atoms with Gasteiger partial charge >= 0.3 is 5.97 Å². The van der Waals surface area contributed by atoms with Crippen molar-refractivity contribution in [3.63, 3.8) is 0 Å². The van der Waals surface area contributed by atoms with Gasteiger partial charge in [-0.2, -0.15) is 0 Å². The van der Waals surface area contributed by atoms with E-state index in [9.17, 15) is 9.90 Å². The standard InChI is InChI=1S/C20H22N2O2/c23-16(24)14-12-18-6-3-10-22-11-9-19(17(18)22)13-4-1-2-5-15(13)21-20(14,19)8-7-18/h1-6,14,17,21H,7-12H2,(H,23,24)/t14-,17-,18+,19+,20+/m0/s1. The zero-order valence-corrected chi connectivity index (χ0v) is 13.7. The van der Waals surface area contributed by atoms with Gasteiger partial charge in [-0.15, -0.1) is 0 Å². The van der Waals surface area contributed by atoms with Gasteiger partial charge in [0.05, 0.1) is 11.5 Å². The predicted octanol–water partition coefficient (Wildman–Crippen LogP) is 2.62. The molecular weight excluding hydrogens is 300 g/mol. The summed E-state index contributed by atoms with van der Waals surface area (Å²) in [5.74, 6) is -0.928. The highest BCUT2D eigenvalue weighted by atomic mass is 16.4. The number of anilines is 1. The molecule has 1 aromatic rings. The Labute approximate surface area is 141 Å². The summed E-state index contributed by atoms with van der Waals surface area (Å²) < 4.78 is 0. The van der Waals surface area contributed by atoms with Crippen LogP contribution in [0.3, 0.4) is 0 Å². The maximum absolute atomic E-state index is 12.3. The van der Waals surface area contributed by atoms with Crippen molar-refractivity contribution in [2.45, 2.75) is 42.7 Å². The Morgan fingerprint density at radius 3 is 3.00 bits per heavy atom. The van der Waals surface area contributed by atoms with E-state index in [1.165, 1.54) is 11.3 Å². The third-order valence-electron chi connectivity index (χ3n) is 7.98. The number of nitrogens with zero attached hydrogens (tertiary/aromatic N) is 1. The second-order valence-corrected chi connectivity index (χ2v) is 8.49. The molecular formula is C20H22N2O2. The number of nitrogens with one attached hydrogen (secondary N) is 1. The molecule has 3 spiro atoms. The van der Waals surface area contributed by atoms with Crippen molar-refractivity contribution in [3.8, 4) is 0 Å². The molecule has 3 heterocycles. The molecule has 0 amide bonds. The van der Waals surface area contributed by atoms with Crippen LogP contribution in [0.1, 0.15) is 31.2 Å². The van der Waals surface area contributed by atoms with E-state index in [4.69, 9.17) is 0 Å². The highest BCUT2D eigenvalue weighted by Crippen LogP contribution is 2.73. The zero-order valence-electron chi connectivity index (χ0n) is 13.7. The molecule has 1 aromatic carbocycles. The molecule has 3 saturated carbocycles. The van der Waals surface area contributed by atoms with Gasteiger partial charge in [-0.25, -0.2) is 0 Å². The second kappa shape index (κ2) is 3.88. The molecule has 2 bridgehead atoms. The number of benzene rings is 1. The first-order valence-electron chi connectivity index (χ1n) is 9.15. The number of aliphatic carboxylic acids is 1. The van der Waals surface area contributed by atoms with E-state index in [-0.39, 0.29) is 22.3 Å². The maximum atomic E-state index is 12.3. The molecule has 0 radical (unpaired) electrons. The second-order valence-electron chi connectivity index (χ2n) is 8.49. The fourth-order valence-electron chi connectivity index (χ4n) is 7.43. The first-order chi connectivity index (χ1) is 11.6. The minimum Gasteiger partial charge on any atom is -0.481 e. The third kappa shape index (κ3) is 1.16. The Bertz CT molecular complexity index is 805. The fourth-order valence-corrected chi connectivity index (χ4v) is 7.43. The van der Waals surface area contributed by atoms with Gasteiger partial charge in [0.1, 0.15) is 0 Å². The van der Waals surface area contributed by atoms with Gasteiger partial charge < -0.3 is 10.4 Å². The van der Waals surface area contributed by atoms with Crippen LogP contribution in [0.5, 0.6) is 0 Å². The van der Waals surface area contributed by atoms with Crippen molar-refractivity contribution in [1.29, 1.82) is 0 Å². The van der Waals surface area contributed by atoms with Crippen LogP contribution in [-0.4, -0.2) is 40.6 Å². The Morgan fingerprint density at radius 1 is 1.25 bits per heavy atom. The quantitative estimate of drug-likeness (QED) is 0.781. The van der Waals surface area contributed by atoms with Crippen molar-refractivity contribution < 1.29 is 9.90 Å². The van der Waals surface area contributed by atoms with Gasteiger partial charge in [-0.05, 0) is 43.9 Å². The summed E-state index contributed by atoms with van der Waals surface area (Å²) in [5, 5.41) is 13.9. The number of para-hydroxylation sites is 1. The van der Waals surface area contributed by atoms with E-state index >= 15 is 0 Å². The van der Waals surface area contributed by atoms with Crippen LogP contribution < -0.4 is 5.32 Å². The minimum atomic E-state index is -0.621. The van der Waals surface area contributed by atoms with Crippen molar-refractivity contribution in [3.05, 3.63) is 42.0 Å². The highest BCUT2D eigenvalue weighted by Gasteiger charge is 2.78. The number of rotatable bonds is 1. The predicted molar refractivity (Wildman–Crippen MR) is 91.0 cm³/mol. The summed E-state index contributed by atoms with van der Waals surface area (Å²) in [5.41, 5.74) is 2.24. The molecule has 124 valence electrons. The average molecular weight is 322 g/mol. The summed E-state index contributed by atoms with van der Waals surface area (Å²) in [4.78, 5) is 14.9. The number of hydrogen-bond acceptors (Lipinski definition) is 3. The van der Waals surface area contributed by atoms with Gasteiger partial charge in [0, 0.05) is 29.1 Å². The van der Waals surface area contributed by atoms with Crippen LogP contribution >= 0.6 is 0 Å². The lowest BCUT2D eigenvalue weighted by Gasteiger charge is -2.67. The smallest absolute Gasteiger partial charge is 0.308 e. The summed E-state index contributed by atoms with van der Waals surface area (Å²) in [6.07, 6.45) is 8.62. The van der Waals surface area contributed by atoms with Gasteiger partial charge in [0.15, 0.2) is 0 Å². The molecule has 3 aliphatic heterocycles.